The van der Waals surface area contributed by atoms with Gasteiger partial charge in [0.15, 0.2) is 17.3 Å². The van der Waals surface area contributed by atoms with Crippen LogP contribution in [-0.4, -0.2) is 51.8 Å². The van der Waals surface area contributed by atoms with Gasteiger partial charge < -0.3 is 16.0 Å². The lowest BCUT2D eigenvalue weighted by Crippen LogP contribution is -2.21. The van der Waals surface area contributed by atoms with Gasteiger partial charge in [0.05, 0.1) is 16.8 Å². The molecule has 2 aromatic carbocycles. The van der Waals surface area contributed by atoms with E-state index >= 15 is 0 Å². The minimum absolute atomic E-state index is 0.0617. The monoisotopic (exact) mass is 427 g/mol. The van der Waals surface area contributed by atoms with Crippen molar-refractivity contribution < 1.29 is 13.2 Å². The van der Waals surface area contributed by atoms with Crippen LogP contribution in [0.4, 0.5) is 24.9 Å². The van der Waals surface area contributed by atoms with Crippen molar-refractivity contribution in [1.29, 1.82) is 0 Å². The van der Waals surface area contributed by atoms with Crippen LogP contribution < -0.4 is 11.1 Å². The minimum Gasteiger partial charge on any atom is -0.383 e. The maximum absolute atomic E-state index is 14.6. The number of rotatable bonds is 6. The standard InChI is InChI=1S/C21H20F3N7/c1-30(2)11-10-26-21-27-18(14-4-3-5-15(23)17(14)24)16-19(25)31(29-20(16)28-21)13-8-6-12(22)7-9-13/h3-9H,10-11,25H2,1-2H3,(H,26,28,29). The lowest BCUT2D eigenvalue weighted by molar-refractivity contribution is 0.425. The number of fused-ring (bicyclic) bond motifs is 1. The van der Waals surface area contributed by atoms with Gasteiger partial charge in [-0.3, -0.25) is 0 Å². The Morgan fingerprint density at radius 1 is 1.03 bits per heavy atom. The summed E-state index contributed by atoms with van der Waals surface area (Å²) in [6.07, 6.45) is 0. The van der Waals surface area contributed by atoms with Crippen molar-refractivity contribution in [2.75, 3.05) is 38.2 Å². The van der Waals surface area contributed by atoms with Gasteiger partial charge in [0.25, 0.3) is 0 Å². The number of halogens is 3. The van der Waals surface area contributed by atoms with Crippen LogP contribution in [0.3, 0.4) is 0 Å². The smallest absolute Gasteiger partial charge is 0.225 e. The Bertz CT molecular complexity index is 1240. The van der Waals surface area contributed by atoms with Crippen LogP contribution in [0, 0.1) is 17.5 Å². The molecule has 0 unspecified atom stereocenters. The molecule has 0 radical (unpaired) electrons. The predicted octanol–water partition coefficient (Wildman–Crippen LogP) is 3.46. The fourth-order valence-electron chi connectivity index (χ4n) is 3.14. The lowest BCUT2D eigenvalue weighted by atomic mass is 10.1. The molecule has 0 amide bonds. The zero-order valence-corrected chi connectivity index (χ0v) is 16.9. The van der Waals surface area contributed by atoms with Crippen LogP contribution in [0.2, 0.25) is 0 Å². The van der Waals surface area contributed by atoms with E-state index < -0.39 is 17.5 Å². The van der Waals surface area contributed by atoms with Gasteiger partial charge in [0, 0.05) is 18.7 Å². The Morgan fingerprint density at radius 2 is 1.77 bits per heavy atom. The van der Waals surface area contributed by atoms with E-state index in [1.54, 1.807) is 0 Å². The highest BCUT2D eigenvalue weighted by Crippen LogP contribution is 2.34. The van der Waals surface area contributed by atoms with Crippen LogP contribution in [0.15, 0.2) is 42.5 Å². The average molecular weight is 427 g/mol. The van der Waals surface area contributed by atoms with Crippen molar-refractivity contribution in [1.82, 2.24) is 24.6 Å². The zero-order chi connectivity index (χ0) is 22.1. The molecule has 31 heavy (non-hydrogen) atoms. The summed E-state index contributed by atoms with van der Waals surface area (Å²) in [5.41, 5.74) is 7.05. The first-order valence-corrected chi connectivity index (χ1v) is 9.50. The van der Waals surface area contributed by atoms with Crippen LogP contribution in [0.25, 0.3) is 28.0 Å². The number of nitrogen functional groups attached to an aromatic ring is 1. The molecule has 4 rings (SSSR count). The molecule has 3 N–H and O–H groups in total. The number of nitrogens with zero attached hydrogens (tertiary/aromatic N) is 5. The third-order valence-corrected chi connectivity index (χ3v) is 4.69. The van der Waals surface area contributed by atoms with Gasteiger partial charge in [-0.1, -0.05) is 6.07 Å². The highest BCUT2D eigenvalue weighted by molar-refractivity contribution is 5.99. The van der Waals surface area contributed by atoms with Crippen molar-refractivity contribution in [2.45, 2.75) is 0 Å². The summed E-state index contributed by atoms with van der Waals surface area (Å²) >= 11 is 0. The van der Waals surface area contributed by atoms with Gasteiger partial charge in [-0.05, 0) is 50.5 Å². The summed E-state index contributed by atoms with van der Waals surface area (Å²) in [4.78, 5) is 10.8. The third-order valence-electron chi connectivity index (χ3n) is 4.69. The van der Waals surface area contributed by atoms with E-state index in [0.29, 0.717) is 18.8 Å². The second kappa shape index (κ2) is 8.23. The van der Waals surface area contributed by atoms with Gasteiger partial charge >= 0.3 is 0 Å². The van der Waals surface area contributed by atoms with Crippen molar-refractivity contribution >= 4 is 22.8 Å². The molecule has 0 saturated carbocycles. The molecule has 0 aliphatic rings. The van der Waals surface area contributed by atoms with Crippen molar-refractivity contribution in [3.63, 3.8) is 0 Å². The number of aromatic nitrogens is 4. The number of hydrogen-bond acceptors (Lipinski definition) is 6. The van der Waals surface area contributed by atoms with Gasteiger partial charge in [-0.15, -0.1) is 5.10 Å². The van der Waals surface area contributed by atoms with Crippen LogP contribution in [0.1, 0.15) is 0 Å². The molecule has 0 aliphatic carbocycles. The van der Waals surface area contributed by atoms with E-state index in [0.717, 1.165) is 6.07 Å². The average Bonchev–Trinajstić information content (AvgIpc) is 3.06. The molecule has 0 spiro atoms. The maximum Gasteiger partial charge on any atom is 0.225 e. The van der Waals surface area contributed by atoms with E-state index in [1.807, 2.05) is 19.0 Å². The molecule has 2 aromatic heterocycles. The normalized spacial score (nSPS) is 11.4. The second-order valence-electron chi connectivity index (χ2n) is 7.20. The van der Waals surface area contributed by atoms with Crippen molar-refractivity contribution in [3.05, 3.63) is 59.9 Å². The van der Waals surface area contributed by atoms with E-state index in [4.69, 9.17) is 5.73 Å². The molecule has 0 aliphatic heterocycles. The SMILES string of the molecule is CN(C)CCNc1nc(-c2cccc(F)c2F)c2c(N)n(-c3ccc(F)cc3)nc2n1. The molecule has 2 heterocycles. The Hall–Kier alpha value is -3.66. The Kier molecular flexibility index (Phi) is 5.47. The first kappa shape index (κ1) is 20.6. The first-order valence-electron chi connectivity index (χ1n) is 9.50. The summed E-state index contributed by atoms with van der Waals surface area (Å²) in [5, 5.41) is 7.74. The first-order chi connectivity index (χ1) is 14.8. The van der Waals surface area contributed by atoms with Crippen LogP contribution in [0.5, 0.6) is 0 Å². The number of nitrogens with one attached hydrogen (secondary N) is 1. The molecule has 10 heteroatoms. The fraction of sp³-hybridized carbons (Fsp3) is 0.190. The van der Waals surface area contributed by atoms with E-state index in [1.165, 1.54) is 41.1 Å². The van der Waals surface area contributed by atoms with E-state index in [-0.39, 0.29) is 34.1 Å². The highest BCUT2D eigenvalue weighted by atomic mass is 19.2. The summed E-state index contributed by atoms with van der Waals surface area (Å²) in [5.74, 6) is -2.13. The minimum atomic E-state index is -1.05. The highest BCUT2D eigenvalue weighted by Gasteiger charge is 2.22. The summed E-state index contributed by atoms with van der Waals surface area (Å²) in [6, 6.07) is 9.38. The lowest BCUT2D eigenvalue weighted by Gasteiger charge is -2.12. The largest absolute Gasteiger partial charge is 0.383 e. The number of likely N-dealkylation sites (N-methyl/N-ethyl adjacent to an activating group) is 1. The quantitative estimate of drug-likeness (QED) is 0.490. The number of nitrogens with two attached hydrogens (primary N) is 1. The maximum atomic E-state index is 14.6. The van der Waals surface area contributed by atoms with Crippen LogP contribution >= 0.6 is 0 Å². The van der Waals surface area contributed by atoms with E-state index in [2.05, 4.69) is 20.4 Å². The molecule has 4 aromatic rings. The van der Waals surface area contributed by atoms with Gasteiger partial charge in [-0.25, -0.2) is 22.8 Å². The topological polar surface area (TPSA) is 84.9 Å². The Morgan fingerprint density at radius 3 is 2.48 bits per heavy atom. The molecule has 0 atom stereocenters. The van der Waals surface area contributed by atoms with Crippen molar-refractivity contribution in [2.24, 2.45) is 0 Å². The van der Waals surface area contributed by atoms with Gasteiger partial charge in [-0.2, -0.15) is 4.98 Å². The molecule has 0 fully saturated rings. The second-order valence-corrected chi connectivity index (χ2v) is 7.20. The molecular formula is C21H20F3N7. The summed E-state index contributed by atoms with van der Waals surface area (Å²) in [6.45, 7) is 1.23. The Labute approximate surface area is 176 Å². The number of benzene rings is 2. The molecule has 160 valence electrons. The Balaban J connectivity index is 1.91. The molecule has 7 nitrogen and oxygen atoms in total. The number of anilines is 2. The van der Waals surface area contributed by atoms with Crippen LogP contribution in [-0.2, 0) is 0 Å². The van der Waals surface area contributed by atoms with Gasteiger partial charge in [0.2, 0.25) is 5.95 Å². The summed E-state index contributed by atoms with van der Waals surface area (Å²) < 4.78 is 43.3. The van der Waals surface area contributed by atoms with Crippen molar-refractivity contribution in [3.8, 4) is 16.9 Å². The summed E-state index contributed by atoms with van der Waals surface area (Å²) in [7, 11) is 3.84. The predicted molar refractivity (Wildman–Crippen MR) is 113 cm³/mol. The molecular weight excluding hydrogens is 407 g/mol. The zero-order valence-electron chi connectivity index (χ0n) is 16.9. The third kappa shape index (κ3) is 4.02. The van der Waals surface area contributed by atoms with E-state index in [9.17, 15) is 13.2 Å². The van der Waals surface area contributed by atoms with Gasteiger partial charge in [0.1, 0.15) is 11.6 Å². The number of hydrogen-bond donors (Lipinski definition) is 2. The molecule has 0 bridgehead atoms. The fourth-order valence-corrected chi connectivity index (χ4v) is 3.14. The molecule has 0 saturated heterocycles.